The molecule has 1 fully saturated rings. The number of alkyl halides is 1. The van der Waals surface area contributed by atoms with E-state index in [2.05, 4.69) is 36.4 Å². The Labute approximate surface area is 83.0 Å². The highest BCUT2D eigenvalue weighted by molar-refractivity contribution is 14.1. The van der Waals surface area contributed by atoms with Gasteiger partial charge in [0.05, 0.1) is 0 Å². The molecule has 1 aliphatic rings. The Morgan fingerprint density at radius 2 is 1.91 bits per heavy atom. The van der Waals surface area contributed by atoms with Crippen molar-refractivity contribution >= 4 is 22.6 Å². The highest BCUT2D eigenvalue weighted by Crippen LogP contribution is 2.35. The zero-order valence-corrected chi connectivity index (χ0v) is 9.56. The number of hydrogen-bond donors (Lipinski definition) is 0. The summed E-state index contributed by atoms with van der Waals surface area (Å²) in [5.74, 6) is 0.883. The molecule has 0 unspecified atom stereocenters. The van der Waals surface area contributed by atoms with Gasteiger partial charge in [-0.1, -0.05) is 36.4 Å². The summed E-state index contributed by atoms with van der Waals surface area (Å²) in [7, 11) is 0. The first-order chi connectivity index (χ1) is 5.17. The summed E-state index contributed by atoms with van der Waals surface area (Å²) in [4.78, 5) is 0. The third-order valence-corrected chi connectivity index (χ3v) is 4.64. The van der Waals surface area contributed by atoms with E-state index in [1.165, 1.54) is 17.3 Å². The van der Waals surface area contributed by atoms with Crippen molar-refractivity contribution in [2.24, 2.45) is 11.3 Å². The highest BCUT2D eigenvalue weighted by Gasteiger charge is 2.29. The molecule has 0 saturated carbocycles. The molecular formula is C9H17IO. The smallest absolute Gasteiger partial charge is 0.0468 e. The van der Waals surface area contributed by atoms with E-state index in [1.807, 2.05) is 0 Å². The van der Waals surface area contributed by atoms with E-state index in [1.54, 1.807) is 0 Å². The minimum atomic E-state index is 0.518. The van der Waals surface area contributed by atoms with Gasteiger partial charge in [-0.15, -0.1) is 0 Å². The van der Waals surface area contributed by atoms with E-state index >= 15 is 0 Å². The molecule has 0 aromatic carbocycles. The van der Waals surface area contributed by atoms with Gasteiger partial charge >= 0.3 is 0 Å². The van der Waals surface area contributed by atoms with Crippen molar-refractivity contribution in [2.75, 3.05) is 17.6 Å². The normalized spacial score (nSPS) is 22.1. The zero-order chi connectivity index (χ0) is 8.32. The first-order valence-corrected chi connectivity index (χ1v) is 5.83. The Morgan fingerprint density at radius 1 is 1.36 bits per heavy atom. The van der Waals surface area contributed by atoms with Crippen LogP contribution in [0.15, 0.2) is 0 Å². The highest BCUT2D eigenvalue weighted by atomic mass is 127. The van der Waals surface area contributed by atoms with Crippen LogP contribution in [0, 0.1) is 11.3 Å². The fraction of sp³-hybridized carbons (Fsp3) is 1.00. The van der Waals surface area contributed by atoms with Crippen molar-refractivity contribution in [2.45, 2.75) is 26.7 Å². The summed E-state index contributed by atoms with van der Waals surface area (Å²) in [5, 5.41) is 0. The minimum Gasteiger partial charge on any atom is -0.381 e. The van der Waals surface area contributed by atoms with E-state index in [-0.39, 0.29) is 0 Å². The van der Waals surface area contributed by atoms with E-state index < -0.39 is 0 Å². The molecule has 1 saturated heterocycles. The lowest BCUT2D eigenvalue weighted by Crippen LogP contribution is -2.30. The fourth-order valence-electron chi connectivity index (χ4n) is 1.59. The number of hydrogen-bond acceptors (Lipinski definition) is 1. The van der Waals surface area contributed by atoms with Crippen LogP contribution < -0.4 is 0 Å². The number of halogens is 1. The maximum atomic E-state index is 5.34. The molecule has 11 heavy (non-hydrogen) atoms. The summed E-state index contributed by atoms with van der Waals surface area (Å²) in [6.07, 6.45) is 2.52. The fourth-order valence-corrected chi connectivity index (χ4v) is 2.21. The van der Waals surface area contributed by atoms with Gasteiger partial charge in [-0.2, -0.15) is 0 Å². The van der Waals surface area contributed by atoms with Gasteiger partial charge in [0.15, 0.2) is 0 Å². The molecule has 1 nitrogen and oxygen atoms in total. The van der Waals surface area contributed by atoms with E-state index in [4.69, 9.17) is 4.74 Å². The quantitative estimate of drug-likeness (QED) is 0.552. The average molecular weight is 268 g/mol. The van der Waals surface area contributed by atoms with Crippen molar-refractivity contribution in [3.63, 3.8) is 0 Å². The summed E-state index contributed by atoms with van der Waals surface area (Å²) in [6.45, 7) is 6.69. The summed E-state index contributed by atoms with van der Waals surface area (Å²) in [6, 6.07) is 0. The van der Waals surface area contributed by atoms with Gasteiger partial charge in [0, 0.05) is 17.6 Å². The molecule has 0 N–H and O–H groups in total. The molecule has 66 valence electrons. The van der Waals surface area contributed by atoms with Gasteiger partial charge in [0.25, 0.3) is 0 Å². The molecular weight excluding hydrogens is 251 g/mol. The van der Waals surface area contributed by atoms with Gasteiger partial charge < -0.3 is 4.74 Å². The molecule has 0 radical (unpaired) electrons. The van der Waals surface area contributed by atoms with Gasteiger partial charge in [0.1, 0.15) is 0 Å². The molecule has 0 aromatic heterocycles. The van der Waals surface area contributed by atoms with Crippen LogP contribution in [0.3, 0.4) is 0 Å². The first-order valence-electron chi connectivity index (χ1n) is 4.30. The van der Waals surface area contributed by atoms with Gasteiger partial charge in [-0.25, -0.2) is 0 Å². The number of ether oxygens (including phenoxy) is 1. The molecule has 0 bridgehead atoms. The van der Waals surface area contributed by atoms with Crippen molar-refractivity contribution in [1.82, 2.24) is 0 Å². The SMILES string of the molecule is CC(C)(CI)C1CCOCC1. The van der Waals surface area contributed by atoms with E-state index in [0.29, 0.717) is 5.41 Å². The third-order valence-electron chi connectivity index (χ3n) is 2.67. The molecule has 2 heteroatoms. The molecule has 0 aliphatic carbocycles. The van der Waals surface area contributed by atoms with Crippen molar-refractivity contribution in [1.29, 1.82) is 0 Å². The topological polar surface area (TPSA) is 9.23 Å². The van der Waals surface area contributed by atoms with Crippen LogP contribution in [-0.4, -0.2) is 17.6 Å². The maximum Gasteiger partial charge on any atom is 0.0468 e. The lowest BCUT2D eigenvalue weighted by atomic mass is 9.76. The van der Waals surface area contributed by atoms with Crippen LogP contribution in [0.4, 0.5) is 0 Å². The van der Waals surface area contributed by atoms with Gasteiger partial charge in [0.2, 0.25) is 0 Å². The summed E-state index contributed by atoms with van der Waals surface area (Å²) in [5.41, 5.74) is 0.518. The Morgan fingerprint density at radius 3 is 2.36 bits per heavy atom. The van der Waals surface area contributed by atoms with Gasteiger partial charge in [-0.05, 0) is 24.2 Å². The Bertz CT molecular complexity index is 117. The predicted molar refractivity (Wildman–Crippen MR) is 56.2 cm³/mol. The standard InChI is InChI=1S/C9H17IO/c1-9(2,7-10)8-3-5-11-6-4-8/h8H,3-7H2,1-2H3. The van der Waals surface area contributed by atoms with Gasteiger partial charge in [-0.3, -0.25) is 0 Å². The summed E-state index contributed by atoms with van der Waals surface area (Å²) < 4.78 is 6.60. The molecule has 1 rings (SSSR count). The molecule has 1 heterocycles. The summed E-state index contributed by atoms with van der Waals surface area (Å²) >= 11 is 2.49. The third kappa shape index (κ3) is 2.58. The Balaban J connectivity index is 2.43. The largest absolute Gasteiger partial charge is 0.381 e. The zero-order valence-electron chi connectivity index (χ0n) is 7.40. The average Bonchev–Trinajstić information content (AvgIpc) is 2.06. The van der Waals surface area contributed by atoms with Crippen LogP contribution in [0.1, 0.15) is 26.7 Å². The second-order valence-electron chi connectivity index (χ2n) is 4.01. The van der Waals surface area contributed by atoms with Crippen molar-refractivity contribution in [3.8, 4) is 0 Å². The molecule has 0 amide bonds. The van der Waals surface area contributed by atoms with Crippen molar-refractivity contribution in [3.05, 3.63) is 0 Å². The van der Waals surface area contributed by atoms with Crippen LogP contribution in [-0.2, 0) is 4.74 Å². The number of rotatable bonds is 2. The van der Waals surface area contributed by atoms with E-state index in [0.717, 1.165) is 19.1 Å². The van der Waals surface area contributed by atoms with Crippen LogP contribution >= 0.6 is 22.6 Å². The van der Waals surface area contributed by atoms with Crippen LogP contribution in [0.5, 0.6) is 0 Å². The molecule has 1 aliphatic heterocycles. The van der Waals surface area contributed by atoms with Crippen LogP contribution in [0.25, 0.3) is 0 Å². The second-order valence-corrected chi connectivity index (χ2v) is 4.77. The maximum absolute atomic E-state index is 5.34. The second kappa shape index (κ2) is 4.08. The molecule has 0 aromatic rings. The Hall–Kier alpha value is 0.690. The predicted octanol–water partition coefficient (Wildman–Crippen LogP) is 2.87. The monoisotopic (exact) mass is 268 g/mol. The van der Waals surface area contributed by atoms with Crippen LogP contribution in [0.2, 0.25) is 0 Å². The lowest BCUT2D eigenvalue weighted by Gasteiger charge is -2.35. The van der Waals surface area contributed by atoms with E-state index in [9.17, 15) is 0 Å². The molecule has 0 atom stereocenters. The minimum absolute atomic E-state index is 0.518. The Kier molecular flexibility index (Phi) is 3.62. The lowest BCUT2D eigenvalue weighted by molar-refractivity contribution is 0.0309. The first kappa shape index (κ1) is 9.78. The molecule has 0 spiro atoms. The van der Waals surface area contributed by atoms with Crippen molar-refractivity contribution < 1.29 is 4.74 Å².